The van der Waals surface area contributed by atoms with Crippen molar-refractivity contribution in [3.63, 3.8) is 0 Å². The van der Waals surface area contributed by atoms with E-state index in [1.807, 2.05) is 0 Å². The van der Waals surface area contributed by atoms with E-state index in [4.69, 9.17) is 5.73 Å². The van der Waals surface area contributed by atoms with Crippen LogP contribution in [0.3, 0.4) is 0 Å². The maximum atomic E-state index is 12.0. The number of hydrogen-bond acceptors (Lipinski definition) is 6. The molecule has 2 aromatic rings. The molecule has 0 aliphatic carbocycles. The first kappa shape index (κ1) is 13.4. The van der Waals surface area contributed by atoms with Crippen molar-refractivity contribution in [2.45, 2.75) is 11.3 Å². The molecule has 0 aromatic carbocycles. The summed E-state index contributed by atoms with van der Waals surface area (Å²) in [6.45, 7) is 0.212. The molecule has 2 rings (SSSR count). The molecule has 19 heavy (non-hydrogen) atoms. The Morgan fingerprint density at radius 1 is 1.47 bits per heavy atom. The van der Waals surface area contributed by atoms with Gasteiger partial charge in [0.05, 0.1) is 0 Å². The predicted molar refractivity (Wildman–Crippen MR) is 68.5 cm³/mol. The molecule has 0 saturated carbocycles. The van der Waals surface area contributed by atoms with Gasteiger partial charge in [0.1, 0.15) is 22.9 Å². The second-order valence-corrected chi connectivity index (χ2v) is 5.63. The second-order valence-electron chi connectivity index (χ2n) is 3.89. The van der Waals surface area contributed by atoms with Crippen LogP contribution in [0.2, 0.25) is 0 Å². The fourth-order valence-electron chi connectivity index (χ4n) is 1.54. The molecule has 0 atom stereocenters. The van der Waals surface area contributed by atoms with E-state index >= 15 is 0 Å². The lowest BCUT2D eigenvalue weighted by Gasteiger charge is -2.07. The summed E-state index contributed by atoms with van der Waals surface area (Å²) >= 11 is 0. The molecule has 0 fully saturated rings. The molecule has 0 spiro atoms. The van der Waals surface area contributed by atoms with Crippen molar-refractivity contribution in [1.82, 2.24) is 24.5 Å². The van der Waals surface area contributed by atoms with Gasteiger partial charge >= 0.3 is 0 Å². The van der Waals surface area contributed by atoms with Gasteiger partial charge in [0.15, 0.2) is 0 Å². The first-order chi connectivity index (χ1) is 9.00. The molecule has 102 valence electrons. The molecule has 9 heteroatoms. The lowest BCUT2D eigenvalue weighted by atomic mass is 10.4. The molecular weight excluding hydrogens is 268 g/mol. The zero-order valence-electron chi connectivity index (χ0n) is 10.3. The zero-order chi connectivity index (χ0) is 13.9. The Balaban J connectivity index is 2.03. The summed E-state index contributed by atoms with van der Waals surface area (Å²) in [7, 11) is -1.86. The first-order valence-corrected chi connectivity index (χ1v) is 7.02. The van der Waals surface area contributed by atoms with Crippen LogP contribution in [0, 0.1) is 0 Å². The molecule has 8 nitrogen and oxygen atoms in total. The van der Waals surface area contributed by atoms with E-state index in [9.17, 15) is 8.42 Å². The minimum absolute atomic E-state index is 0.0198. The third-order valence-electron chi connectivity index (χ3n) is 2.54. The Hall–Kier alpha value is -2.00. The average Bonchev–Trinajstić information content (AvgIpc) is 2.75. The van der Waals surface area contributed by atoms with Gasteiger partial charge in [-0.3, -0.25) is 0 Å². The van der Waals surface area contributed by atoms with Gasteiger partial charge in [-0.05, 0) is 12.1 Å². The quantitative estimate of drug-likeness (QED) is 0.750. The van der Waals surface area contributed by atoms with Crippen LogP contribution in [-0.2, 0) is 23.5 Å². The number of nitrogens with one attached hydrogen (secondary N) is 1. The summed E-state index contributed by atoms with van der Waals surface area (Å²) in [6, 6.07) is 2.93. The minimum Gasteiger partial charge on any atom is -0.383 e. The van der Waals surface area contributed by atoms with Gasteiger partial charge in [0.2, 0.25) is 10.0 Å². The standard InChI is InChI=1S/C10H14N6O2S/c1-16-7-13-15-9(16)4-6-14-19(17,18)8-3-2-5-12-10(8)11/h2-3,5,7,14H,4,6H2,1H3,(H2,11,12). The molecule has 0 radical (unpaired) electrons. The third-order valence-corrected chi connectivity index (χ3v) is 4.04. The van der Waals surface area contributed by atoms with E-state index in [-0.39, 0.29) is 17.3 Å². The van der Waals surface area contributed by atoms with Gasteiger partial charge in [-0.1, -0.05) is 0 Å². The van der Waals surface area contributed by atoms with Crippen LogP contribution >= 0.6 is 0 Å². The first-order valence-electron chi connectivity index (χ1n) is 5.54. The highest BCUT2D eigenvalue weighted by molar-refractivity contribution is 7.89. The maximum absolute atomic E-state index is 12.0. The second kappa shape index (κ2) is 5.33. The number of pyridine rings is 1. The molecule has 0 bridgehead atoms. The molecule has 0 amide bonds. The van der Waals surface area contributed by atoms with Crippen LogP contribution in [0.15, 0.2) is 29.6 Å². The highest BCUT2D eigenvalue weighted by Crippen LogP contribution is 2.13. The van der Waals surface area contributed by atoms with Crippen LogP contribution in [0.25, 0.3) is 0 Å². The summed E-state index contributed by atoms with van der Waals surface area (Å²) < 4.78 is 28.2. The van der Waals surface area contributed by atoms with Crippen molar-refractivity contribution >= 4 is 15.8 Å². The Morgan fingerprint density at radius 3 is 2.89 bits per heavy atom. The number of hydrogen-bond donors (Lipinski definition) is 2. The van der Waals surface area contributed by atoms with E-state index in [1.165, 1.54) is 18.3 Å². The number of nitrogens with two attached hydrogens (primary N) is 1. The van der Waals surface area contributed by atoms with Gasteiger partial charge in [0, 0.05) is 26.2 Å². The SMILES string of the molecule is Cn1cnnc1CCNS(=O)(=O)c1cccnc1N. The predicted octanol–water partition coefficient (Wildman–Crippen LogP) is -0.687. The number of nitrogens with zero attached hydrogens (tertiary/aromatic N) is 4. The highest BCUT2D eigenvalue weighted by Gasteiger charge is 2.17. The summed E-state index contributed by atoms with van der Waals surface area (Å²) in [5.74, 6) is 0.676. The fraction of sp³-hybridized carbons (Fsp3) is 0.300. The third kappa shape index (κ3) is 3.06. The topological polar surface area (TPSA) is 116 Å². The van der Waals surface area contributed by atoms with Gasteiger partial charge in [-0.25, -0.2) is 18.1 Å². The highest BCUT2D eigenvalue weighted by atomic mass is 32.2. The summed E-state index contributed by atoms with van der Waals surface area (Å²) in [6.07, 6.45) is 3.44. The van der Waals surface area contributed by atoms with Crippen LogP contribution in [-0.4, -0.2) is 34.7 Å². The van der Waals surface area contributed by atoms with Crippen LogP contribution in [0.5, 0.6) is 0 Å². The van der Waals surface area contributed by atoms with Gasteiger partial charge in [0.25, 0.3) is 0 Å². The van der Waals surface area contributed by atoms with E-state index in [0.717, 1.165) is 0 Å². The van der Waals surface area contributed by atoms with E-state index in [0.29, 0.717) is 12.2 Å². The van der Waals surface area contributed by atoms with Crippen LogP contribution in [0.4, 0.5) is 5.82 Å². The van der Waals surface area contributed by atoms with Crippen LogP contribution < -0.4 is 10.5 Å². The Morgan fingerprint density at radius 2 is 2.26 bits per heavy atom. The van der Waals surface area contributed by atoms with E-state index in [2.05, 4.69) is 19.9 Å². The monoisotopic (exact) mass is 282 g/mol. The van der Waals surface area contributed by atoms with E-state index < -0.39 is 10.0 Å². The fourth-order valence-corrected chi connectivity index (χ4v) is 2.65. The lowest BCUT2D eigenvalue weighted by Crippen LogP contribution is -2.27. The van der Waals surface area contributed by atoms with Crippen molar-refractivity contribution in [2.24, 2.45) is 7.05 Å². The summed E-state index contributed by atoms with van der Waals surface area (Å²) in [5, 5.41) is 7.58. The Labute approximate surface area is 110 Å². The zero-order valence-corrected chi connectivity index (χ0v) is 11.1. The smallest absolute Gasteiger partial charge is 0.244 e. The van der Waals surface area contributed by atoms with Crippen molar-refractivity contribution in [3.05, 3.63) is 30.5 Å². The Kier molecular flexibility index (Phi) is 3.76. The number of aryl methyl sites for hydroxylation is 1. The summed E-state index contributed by atoms with van der Waals surface area (Å²) in [4.78, 5) is 3.73. The van der Waals surface area contributed by atoms with Crippen molar-refractivity contribution in [3.8, 4) is 0 Å². The molecule has 0 unspecified atom stereocenters. The normalized spacial score (nSPS) is 11.6. The number of sulfonamides is 1. The number of anilines is 1. The lowest BCUT2D eigenvalue weighted by molar-refractivity contribution is 0.580. The van der Waals surface area contributed by atoms with Crippen molar-refractivity contribution in [1.29, 1.82) is 0 Å². The molecule has 0 aliphatic rings. The van der Waals surface area contributed by atoms with Gasteiger partial charge in [-0.2, -0.15) is 0 Å². The average molecular weight is 282 g/mol. The largest absolute Gasteiger partial charge is 0.383 e. The van der Waals surface area contributed by atoms with Crippen molar-refractivity contribution < 1.29 is 8.42 Å². The number of rotatable bonds is 5. The maximum Gasteiger partial charge on any atom is 0.244 e. The number of aromatic nitrogens is 4. The molecule has 0 aliphatic heterocycles. The molecule has 3 N–H and O–H groups in total. The number of nitrogen functional groups attached to an aromatic ring is 1. The molecule has 2 heterocycles. The Bertz CT molecular complexity index is 666. The molecule has 2 aromatic heterocycles. The molecular formula is C10H14N6O2S. The summed E-state index contributed by atoms with van der Waals surface area (Å²) in [5.41, 5.74) is 5.54. The van der Waals surface area contributed by atoms with Crippen molar-refractivity contribution in [2.75, 3.05) is 12.3 Å². The minimum atomic E-state index is -3.65. The molecule has 0 saturated heterocycles. The van der Waals surface area contributed by atoms with Crippen LogP contribution in [0.1, 0.15) is 5.82 Å². The van der Waals surface area contributed by atoms with Gasteiger partial charge in [-0.15, -0.1) is 10.2 Å². The van der Waals surface area contributed by atoms with E-state index in [1.54, 1.807) is 17.9 Å². The van der Waals surface area contributed by atoms with Gasteiger partial charge < -0.3 is 10.3 Å².